The van der Waals surface area contributed by atoms with Crippen molar-refractivity contribution >= 4 is 28.6 Å². The van der Waals surface area contributed by atoms with Crippen molar-refractivity contribution in [1.29, 1.82) is 0 Å². The van der Waals surface area contributed by atoms with Crippen LogP contribution in [0.5, 0.6) is 5.75 Å². The van der Waals surface area contributed by atoms with E-state index in [0.717, 1.165) is 12.1 Å². The molecule has 0 aliphatic carbocycles. The molecule has 0 spiro atoms. The van der Waals surface area contributed by atoms with Gasteiger partial charge in [0.2, 0.25) is 0 Å². The number of aliphatic carboxylic acids is 1. The Morgan fingerprint density at radius 1 is 1.17 bits per heavy atom. The lowest BCUT2D eigenvalue weighted by Gasteiger charge is -2.39. The van der Waals surface area contributed by atoms with Crippen molar-refractivity contribution in [1.82, 2.24) is 9.55 Å². The van der Waals surface area contributed by atoms with Gasteiger partial charge in [0, 0.05) is 18.0 Å². The molecule has 156 valence electrons. The highest BCUT2D eigenvalue weighted by atomic mass is 19.4. The molecule has 1 fully saturated rings. The first-order valence-corrected chi connectivity index (χ1v) is 8.82. The molecule has 1 atom stereocenters. The number of aromatic nitrogens is 2. The predicted molar refractivity (Wildman–Crippen MR) is 99.7 cm³/mol. The van der Waals surface area contributed by atoms with Crippen LogP contribution >= 0.6 is 0 Å². The van der Waals surface area contributed by atoms with E-state index < -0.39 is 30.0 Å². The van der Waals surface area contributed by atoms with E-state index in [1.807, 2.05) is 0 Å². The average Bonchev–Trinajstić information content (AvgIpc) is 2.98. The molecule has 0 bridgehead atoms. The van der Waals surface area contributed by atoms with Crippen molar-refractivity contribution in [3.8, 4) is 11.6 Å². The average molecular weight is 420 g/mol. The third-order valence-electron chi connectivity index (χ3n) is 4.81. The zero-order chi connectivity index (χ0) is 21.6. The van der Waals surface area contributed by atoms with Gasteiger partial charge in [0.15, 0.2) is 0 Å². The topological polar surface area (TPSA) is 111 Å². The van der Waals surface area contributed by atoms with Gasteiger partial charge in [-0.05, 0) is 36.8 Å². The Bertz CT molecular complexity index is 1160. The Morgan fingerprint density at radius 2 is 1.90 bits per heavy atom. The second kappa shape index (κ2) is 6.94. The Kier molecular flexibility index (Phi) is 4.52. The third kappa shape index (κ3) is 3.49. The first-order valence-electron chi connectivity index (χ1n) is 8.82. The van der Waals surface area contributed by atoms with Crippen LogP contribution in [0.3, 0.4) is 0 Å². The van der Waals surface area contributed by atoms with Gasteiger partial charge in [0.05, 0.1) is 5.52 Å². The van der Waals surface area contributed by atoms with Crippen molar-refractivity contribution in [3.05, 3.63) is 48.2 Å². The quantitative estimate of drug-likeness (QED) is 0.657. The Morgan fingerprint density at radius 3 is 2.50 bits per heavy atom. The van der Waals surface area contributed by atoms with Crippen LogP contribution in [0.2, 0.25) is 0 Å². The summed E-state index contributed by atoms with van der Waals surface area (Å²) in [5, 5.41) is 9.71. The minimum Gasteiger partial charge on any atom is -0.480 e. The fourth-order valence-corrected chi connectivity index (χ4v) is 3.42. The molecule has 1 amide bonds. The number of carboxylic acids is 1. The van der Waals surface area contributed by atoms with Crippen molar-refractivity contribution in [2.75, 3.05) is 11.4 Å². The lowest BCUT2D eigenvalue weighted by Crippen LogP contribution is -2.53. The van der Waals surface area contributed by atoms with Crippen LogP contribution < -0.4 is 15.4 Å². The van der Waals surface area contributed by atoms with E-state index in [-0.39, 0.29) is 17.0 Å². The van der Waals surface area contributed by atoms with Crippen LogP contribution in [0.1, 0.15) is 16.9 Å². The summed E-state index contributed by atoms with van der Waals surface area (Å²) in [6.07, 6.45) is -4.41. The molecule has 3 N–H and O–H groups in total. The molecule has 1 aliphatic heterocycles. The number of carbonyl (C=O) groups excluding carboxylic acids is 1. The second-order valence-electron chi connectivity index (χ2n) is 6.69. The largest absolute Gasteiger partial charge is 0.573 e. The molecule has 3 aromatic rings. The highest BCUT2D eigenvalue weighted by Crippen LogP contribution is 2.31. The number of hydrogen-bond acceptors (Lipinski definition) is 5. The highest BCUT2D eigenvalue weighted by Gasteiger charge is 2.35. The third-order valence-corrected chi connectivity index (χ3v) is 4.81. The van der Waals surface area contributed by atoms with Crippen molar-refractivity contribution in [2.24, 2.45) is 5.73 Å². The predicted octanol–water partition coefficient (Wildman–Crippen LogP) is 2.69. The zero-order valence-corrected chi connectivity index (χ0v) is 15.3. The molecule has 0 saturated carbocycles. The fourth-order valence-electron chi connectivity index (χ4n) is 3.42. The van der Waals surface area contributed by atoms with E-state index in [0.29, 0.717) is 24.2 Å². The van der Waals surface area contributed by atoms with Gasteiger partial charge in [0.1, 0.15) is 29.1 Å². The Balaban J connectivity index is 1.84. The molecular formula is C19H15F3N4O4. The van der Waals surface area contributed by atoms with Crippen molar-refractivity contribution < 1.29 is 32.6 Å². The molecule has 2 aromatic heterocycles. The fraction of sp³-hybridized carbons (Fsp3) is 0.211. The summed E-state index contributed by atoms with van der Waals surface area (Å²) in [5.74, 6) is -1.67. The van der Waals surface area contributed by atoms with E-state index in [1.165, 1.54) is 16.7 Å². The van der Waals surface area contributed by atoms with Gasteiger partial charge in [-0.3, -0.25) is 9.36 Å². The van der Waals surface area contributed by atoms with E-state index in [4.69, 9.17) is 5.73 Å². The molecule has 8 nitrogen and oxygen atoms in total. The molecule has 4 rings (SSSR count). The molecule has 30 heavy (non-hydrogen) atoms. The molecule has 0 radical (unpaired) electrons. The lowest BCUT2D eigenvalue weighted by atomic mass is 10.0. The van der Waals surface area contributed by atoms with Crippen molar-refractivity contribution in [3.63, 3.8) is 0 Å². The molecule has 11 heteroatoms. The molecular weight excluding hydrogens is 405 g/mol. The Labute approximate surface area is 167 Å². The second-order valence-corrected chi connectivity index (χ2v) is 6.69. The number of carbonyl (C=O) groups is 2. The maximum atomic E-state index is 12.6. The number of nitrogens with zero attached hydrogens (tertiary/aromatic N) is 3. The summed E-state index contributed by atoms with van der Waals surface area (Å²) in [4.78, 5) is 29.3. The smallest absolute Gasteiger partial charge is 0.480 e. The standard InChI is InChI=1S/C19H15F3N4O4/c20-19(21,22)30-11-5-4-10-8-14(17(23)27)26(13(10)9-11)16-3-1-2-15(24-16)25-7-6-12(25)18(28)29/h1-5,8-9,12H,6-7H2,(H2,23,27)(H,28,29)/t12-/m0/s1. The minimum absolute atomic E-state index is 0.0113. The van der Waals surface area contributed by atoms with Gasteiger partial charge in [-0.1, -0.05) is 6.07 Å². The Hall–Kier alpha value is -3.76. The van der Waals surface area contributed by atoms with Crippen LogP contribution in [0, 0.1) is 0 Å². The number of pyridine rings is 1. The van der Waals surface area contributed by atoms with Crippen molar-refractivity contribution in [2.45, 2.75) is 18.8 Å². The SMILES string of the molecule is NC(=O)c1cc2ccc(OC(F)(F)F)cc2n1-c1cccc(N2CC[C@H]2C(=O)O)n1. The van der Waals surface area contributed by atoms with Gasteiger partial charge in [-0.25, -0.2) is 9.78 Å². The molecule has 3 heterocycles. The number of primary amides is 1. The molecule has 1 aromatic carbocycles. The zero-order valence-electron chi connectivity index (χ0n) is 15.3. The number of halogens is 3. The first-order chi connectivity index (χ1) is 14.1. The summed E-state index contributed by atoms with van der Waals surface area (Å²) in [6.45, 7) is 0.492. The van der Waals surface area contributed by atoms with Gasteiger partial charge in [-0.15, -0.1) is 13.2 Å². The molecule has 0 unspecified atom stereocenters. The van der Waals surface area contributed by atoms with Crippen LogP contribution in [0.25, 0.3) is 16.7 Å². The summed E-state index contributed by atoms with van der Waals surface area (Å²) in [5.41, 5.74) is 5.71. The maximum absolute atomic E-state index is 12.6. The number of rotatable bonds is 5. The summed E-state index contributed by atoms with van der Waals surface area (Å²) >= 11 is 0. The summed E-state index contributed by atoms with van der Waals surface area (Å²) in [7, 11) is 0. The van der Waals surface area contributed by atoms with Crippen LogP contribution in [-0.2, 0) is 4.79 Å². The van der Waals surface area contributed by atoms with Crippen LogP contribution in [-0.4, -0.2) is 45.5 Å². The van der Waals surface area contributed by atoms with Crippen LogP contribution in [0.4, 0.5) is 19.0 Å². The number of benzene rings is 1. The number of hydrogen-bond donors (Lipinski definition) is 2. The summed E-state index contributed by atoms with van der Waals surface area (Å²) in [6, 6.07) is 9.14. The van der Waals surface area contributed by atoms with E-state index in [9.17, 15) is 27.9 Å². The number of carboxylic acid groups (broad SMARTS) is 1. The maximum Gasteiger partial charge on any atom is 0.573 e. The molecule has 1 aliphatic rings. The number of alkyl halides is 3. The van der Waals surface area contributed by atoms with E-state index in [2.05, 4.69) is 9.72 Å². The van der Waals surface area contributed by atoms with E-state index >= 15 is 0 Å². The van der Waals surface area contributed by atoms with E-state index in [1.54, 1.807) is 23.1 Å². The lowest BCUT2D eigenvalue weighted by molar-refractivity contribution is -0.274. The van der Waals surface area contributed by atoms with Crippen LogP contribution in [0.15, 0.2) is 42.5 Å². The van der Waals surface area contributed by atoms with Gasteiger partial charge < -0.3 is 20.5 Å². The molecule has 1 saturated heterocycles. The highest BCUT2D eigenvalue weighted by molar-refractivity contribution is 5.99. The number of ether oxygens (including phenoxy) is 1. The van der Waals surface area contributed by atoms with Gasteiger partial charge in [-0.2, -0.15) is 0 Å². The number of fused-ring (bicyclic) bond motifs is 1. The summed E-state index contributed by atoms with van der Waals surface area (Å²) < 4.78 is 43.2. The number of anilines is 1. The monoisotopic (exact) mass is 420 g/mol. The number of amides is 1. The van der Waals surface area contributed by atoms with Gasteiger partial charge in [0.25, 0.3) is 5.91 Å². The normalized spacial score (nSPS) is 16.4. The number of nitrogens with two attached hydrogens (primary N) is 1. The minimum atomic E-state index is -4.88. The first kappa shape index (κ1) is 19.6. The van der Waals surface area contributed by atoms with Gasteiger partial charge >= 0.3 is 12.3 Å².